The van der Waals surface area contributed by atoms with Crippen LogP contribution in [0.4, 0.5) is 0 Å². The second kappa shape index (κ2) is 7.36. The predicted molar refractivity (Wildman–Crippen MR) is 99.3 cm³/mol. The summed E-state index contributed by atoms with van der Waals surface area (Å²) in [7, 11) is 0. The van der Waals surface area contributed by atoms with Crippen LogP contribution in [-0.4, -0.2) is 40.5 Å². The summed E-state index contributed by atoms with van der Waals surface area (Å²) in [5.74, 6) is 0.779. The molecule has 7 nitrogen and oxygen atoms in total. The number of aromatic nitrogens is 3. The first-order chi connectivity index (χ1) is 13.1. The summed E-state index contributed by atoms with van der Waals surface area (Å²) >= 11 is 0. The second-order valence-corrected chi connectivity index (χ2v) is 7.05. The first kappa shape index (κ1) is 17.5. The molecule has 0 spiro atoms. The van der Waals surface area contributed by atoms with Gasteiger partial charge in [0.15, 0.2) is 0 Å². The van der Waals surface area contributed by atoms with Crippen LogP contribution in [0.2, 0.25) is 0 Å². The lowest BCUT2D eigenvalue weighted by Gasteiger charge is -2.17. The van der Waals surface area contributed by atoms with Gasteiger partial charge >= 0.3 is 0 Å². The van der Waals surface area contributed by atoms with Crippen molar-refractivity contribution < 1.29 is 14.1 Å². The maximum atomic E-state index is 12.6. The van der Waals surface area contributed by atoms with Gasteiger partial charge in [-0.1, -0.05) is 35.0 Å². The number of H-pyrrole nitrogens is 1. The highest BCUT2D eigenvalue weighted by molar-refractivity contribution is 5.93. The van der Waals surface area contributed by atoms with E-state index in [1.807, 2.05) is 44.2 Å². The van der Waals surface area contributed by atoms with E-state index in [-0.39, 0.29) is 17.9 Å². The van der Waals surface area contributed by atoms with Crippen LogP contribution in [0.15, 0.2) is 40.9 Å². The molecular formula is C20H22N4O3. The van der Waals surface area contributed by atoms with Crippen molar-refractivity contribution in [3.8, 4) is 11.3 Å². The topological polar surface area (TPSA) is 93.0 Å². The molecule has 140 valence electrons. The lowest BCUT2D eigenvalue weighted by molar-refractivity contribution is 0.0919. The highest BCUT2D eigenvalue weighted by Crippen LogP contribution is 2.21. The summed E-state index contributed by atoms with van der Waals surface area (Å²) in [6, 6.07) is 11.6. The molecule has 1 saturated heterocycles. The molecule has 0 unspecified atom stereocenters. The lowest BCUT2D eigenvalue weighted by Crippen LogP contribution is -2.40. The summed E-state index contributed by atoms with van der Waals surface area (Å²) in [4.78, 5) is 12.6. The van der Waals surface area contributed by atoms with Gasteiger partial charge in [-0.3, -0.25) is 9.89 Å². The van der Waals surface area contributed by atoms with E-state index in [1.54, 1.807) is 6.07 Å². The number of nitrogens with zero attached hydrogens (tertiary/aromatic N) is 2. The molecule has 0 saturated carbocycles. The number of amides is 1. The number of nitrogens with one attached hydrogen (secondary N) is 2. The lowest BCUT2D eigenvalue weighted by atomic mass is 9.98. The Labute approximate surface area is 157 Å². The van der Waals surface area contributed by atoms with E-state index >= 15 is 0 Å². The Bertz CT molecular complexity index is 929. The molecule has 7 heteroatoms. The third-order valence-corrected chi connectivity index (χ3v) is 4.82. The van der Waals surface area contributed by atoms with Crippen molar-refractivity contribution in [3.63, 3.8) is 0 Å². The SMILES string of the molecule is Cc1ccc(-c2cc(C(=O)N[C@H]3COC[C@H]3Cc3cc(C)no3)[nH]n2)cc1. The standard InChI is InChI=1S/C20H22N4O3/c1-12-3-5-14(6-4-12)17-9-18(23-22-17)20(25)21-19-11-26-10-15(19)8-16-7-13(2)24-27-16/h3-7,9,15,19H,8,10-11H2,1-2H3,(H,21,25)(H,22,23)/t15-,19+/m1/s1. The van der Waals surface area contributed by atoms with Gasteiger partial charge in [-0.2, -0.15) is 5.10 Å². The van der Waals surface area contributed by atoms with Crippen molar-refractivity contribution in [3.05, 3.63) is 59.1 Å². The van der Waals surface area contributed by atoms with Crippen molar-refractivity contribution in [1.82, 2.24) is 20.7 Å². The normalized spacial score (nSPS) is 19.3. The number of rotatable bonds is 5. The highest BCUT2D eigenvalue weighted by atomic mass is 16.5. The molecule has 3 aromatic rings. The minimum atomic E-state index is -0.185. The molecule has 0 radical (unpaired) electrons. The zero-order chi connectivity index (χ0) is 18.8. The number of hydrogen-bond donors (Lipinski definition) is 2. The van der Waals surface area contributed by atoms with Gasteiger partial charge in [0.1, 0.15) is 11.5 Å². The molecular weight excluding hydrogens is 344 g/mol. The first-order valence-electron chi connectivity index (χ1n) is 9.02. The number of hydrogen-bond acceptors (Lipinski definition) is 5. The Kier molecular flexibility index (Phi) is 4.77. The number of carbonyl (C=O) groups excluding carboxylic acids is 1. The van der Waals surface area contributed by atoms with Crippen molar-refractivity contribution in [2.24, 2.45) is 5.92 Å². The molecule has 0 bridgehead atoms. The van der Waals surface area contributed by atoms with Crippen molar-refractivity contribution in [1.29, 1.82) is 0 Å². The second-order valence-electron chi connectivity index (χ2n) is 7.05. The average Bonchev–Trinajstić information content (AvgIpc) is 3.38. The largest absolute Gasteiger partial charge is 0.379 e. The summed E-state index contributed by atoms with van der Waals surface area (Å²) in [5.41, 5.74) is 4.19. The number of ether oxygens (including phenoxy) is 1. The predicted octanol–water partition coefficient (Wildman–Crippen LogP) is 2.67. The monoisotopic (exact) mass is 366 g/mol. The van der Waals surface area contributed by atoms with Gasteiger partial charge < -0.3 is 14.6 Å². The Morgan fingerprint density at radius 3 is 2.78 bits per heavy atom. The van der Waals surface area contributed by atoms with Gasteiger partial charge in [-0.05, 0) is 19.9 Å². The van der Waals surface area contributed by atoms with Gasteiger partial charge in [0.05, 0.1) is 30.6 Å². The molecule has 1 aliphatic heterocycles. The number of aromatic amines is 1. The van der Waals surface area contributed by atoms with Gasteiger partial charge in [0.2, 0.25) is 0 Å². The third-order valence-electron chi connectivity index (χ3n) is 4.82. The number of benzene rings is 1. The van der Waals surface area contributed by atoms with Gasteiger partial charge in [0.25, 0.3) is 5.91 Å². The molecule has 1 fully saturated rings. The third kappa shape index (κ3) is 3.93. The number of aryl methyl sites for hydroxylation is 2. The van der Waals surface area contributed by atoms with Crippen molar-refractivity contribution in [2.45, 2.75) is 26.3 Å². The molecule has 1 amide bonds. The molecule has 3 heterocycles. The van der Waals surface area contributed by atoms with Gasteiger partial charge in [-0.15, -0.1) is 0 Å². The van der Waals surface area contributed by atoms with E-state index < -0.39 is 0 Å². The molecule has 2 N–H and O–H groups in total. The minimum Gasteiger partial charge on any atom is -0.379 e. The molecule has 1 aliphatic rings. The maximum Gasteiger partial charge on any atom is 0.269 e. The Hall–Kier alpha value is -2.93. The molecule has 2 aromatic heterocycles. The van der Waals surface area contributed by atoms with Crippen LogP contribution in [0, 0.1) is 19.8 Å². The Morgan fingerprint density at radius 1 is 1.22 bits per heavy atom. The van der Waals surface area contributed by atoms with Crippen LogP contribution in [-0.2, 0) is 11.2 Å². The molecule has 4 rings (SSSR count). The summed E-state index contributed by atoms with van der Waals surface area (Å²) in [6.07, 6.45) is 0.684. The van der Waals surface area contributed by atoms with Crippen LogP contribution in [0.1, 0.15) is 27.5 Å². The summed E-state index contributed by atoms with van der Waals surface area (Å²) in [6.45, 7) is 5.00. The van der Waals surface area contributed by atoms with Gasteiger partial charge in [0, 0.05) is 24.0 Å². The molecule has 0 aliphatic carbocycles. The summed E-state index contributed by atoms with van der Waals surface area (Å²) in [5, 5.41) is 14.1. The van der Waals surface area contributed by atoms with Gasteiger partial charge in [-0.25, -0.2) is 0 Å². The van der Waals surface area contributed by atoms with Crippen molar-refractivity contribution >= 4 is 5.91 Å². The van der Waals surface area contributed by atoms with E-state index in [0.717, 1.165) is 22.7 Å². The van der Waals surface area contributed by atoms with E-state index in [1.165, 1.54) is 5.56 Å². The van der Waals surface area contributed by atoms with Crippen LogP contribution >= 0.6 is 0 Å². The smallest absolute Gasteiger partial charge is 0.269 e. The van der Waals surface area contributed by atoms with Crippen LogP contribution < -0.4 is 5.32 Å². The van der Waals surface area contributed by atoms with E-state index in [2.05, 4.69) is 20.7 Å². The Morgan fingerprint density at radius 2 is 2.04 bits per heavy atom. The first-order valence-corrected chi connectivity index (χ1v) is 9.02. The maximum absolute atomic E-state index is 12.6. The quantitative estimate of drug-likeness (QED) is 0.724. The highest BCUT2D eigenvalue weighted by Gasteiger charge is 2.31. The number of carbonyl (C=O) groups is 1. The molecule has 27 heavy (non-hydrogen) atoms. The van der Waals surface area contributed by atoms with Crippen LogP contribution in [0.5, 0.6) is 0 Å². The Balaban J connectivity index is 1.41. The fourth-order valence-electron chi connectivity index (χ4n) is 3.29. The molecule has 2 atom stereocenters. The fraction of sp³-hybridized carbons (Fsp3) is 0.350. The van der Waals surface area contributed by atoms with Crippen LogP contribution in [0.25, 0.3) is 11.3 Å². The summed E-state index contributed by atoms with van der Waals surface area (Å²) < 4.78 is 10.9. The van der Waals surface area contributed by atoms with Crippen LogP contribution in [0.3, 0.4) is 0 Å². The minimum absolute atomic E-state index is 0.0750. The zero-order valence-corrected chi connectivity index (χ0v) is 15.4. The molecule has 1 aromatic carbocycles. The van der Waals surface area contributed by atoms with E-state index in [0.29, 0.717) is 25.3 Å². The van der Waals surface area contributed by atoms with E-state index in [4.69, 9.17) is 9.26 Å². The average molecular weight is 366 g/mol. The van der Waals surface area contributed by atoms with E-state index in [9.17, 15) is 4.79 Å². The van der Waals surface area contributed by atoms with Crippen molar-refractivity contribution in [2.75, 3.05) is 13.2 Å². The zero-order valence-electron chi connectivity index (χ0n) is 15.4. The fourth-order valence-corrected chi connectivity index (χ4v) is 3.29.